The molecule has 140 valence electrons. The van der Waals surface area contributed by atoms with Crippen LogP contribution in [-0.4, -0.2) is 61.4 Å². The van der Waals surface area contributed by atoms with Crippen molar-refractivity contribution in [2.24, 2.45) is 5.92 Å². The first-order valence-electron chi connectivity index (χ1n) is 9.97. The van der Waals surface area contributed by atoms with Crippen LogP contribution in [0.25, 0.3) is 0 Å². The lowest BCUT2D eigenvalue weighted by Gasteiger charge is -2.24. The molecule has 1 aromatic carbocycles. The summed E-state index contributed by atoms with van der Waals surface area (Å²) in [5.74, 6) is 1.63. The maximum Gasteiger partial charge on any atom is 0.241 e. The van der Waals surface area contributed by atoms with Gasteiger partial charge in [-0.2, -0.15) is 0 Å². The van der Waals surface area contributed by atoms with Crippen molar-refractivity contribution in [1.82, 2.24) is 9.80 Å². The van der Waals surface area contributed by atoms with Crippen molar-refractivity contribution in [1.29, 1.82) is 0 Å². The highest BCUT2D eigenvalue weighted by atomic mass is 16.2. The first-order chi connectivity index (χ1) is 12.6. The Balaban J connectivity index is 1.39. The molecule has 0 bridgehead atoms. The number of anilines is 1. The normalized spacial score (nSPS) is 22.0. The van der Waals surface area contributed by atoms with Gasteiger partial charge in [0.15, 0.2) is 0 Å². The van der Waals surface area contributed by atoms with Crippen LogP contribution in [0.5, 0.6) is 0 Å². The third-order valence-corrected chi connectivity index (χ3v) is 6.06. The smallest absolute Gasteiger partial charge is 0.241 e. The number of carbonyl (C=O) groups excluding carboxylic acids is 2. The van der Waals surface area contributed by atoms with E-state index in [-0.39, 0.29) is 5.91 Å². The number of likely N-dealkylation sites (tertiary alicyclic amines) is 1. The zero-order chi connectivity index (χ0) is 18.1. The molecule has 4 rings (SSSR count). The summed E-state index contributed by atoms with van der Waals surface area (Å²) < 4.78 is 0. The second kappa shape index (κ2) is 7.29. The molecule has 2 aliphatic heterocycles. The van der Waals surface area contributed by atoms with Crippen LogP contribution in [0.1, 0.15) is 43.6 Å². The zero-order valence-corrected chi connectivity index (χ0v) is 15.7. The van der Waals surface area contributed by atoms with Crippen LogP contribution in [0.3, 0.4) is 0 Å². The van der Waals surface area contributed by atoms with Crippen molar-refractivity contribution in [3.8, 4) is 0 Å². The highest BCUT2D eigenvalue weighted by Crippen LogP contribution is 2.38. The molecule has 0 aromatic heterocycles. The molecule has 1 unspecified atom stereocenters. The van der Waals surface area contributed by atoms with Crippen LogP contribution in [0, 0.1) is 5.92 Å². The minimum Gasteiger partial charge on any atom is -0.361 e. The first kappa shape index (κ1) is 17.4. The number of amides is 2. The molecule has 1 aromatic rings. The predicted octanol–water partition coefficient (Wildman–Crippen LogP) is 2.47. The van der Waals surface area contributed by atoms with Crippen molar-refractivity contribution < 1.29 is 9.59 Å². The molecule has 5 heteroatoms. The summed E-state index contributed by atoms with van der Waals surface area (Å²) in [6, 6.07) is 8.45. The van der Waals surface area contributed by atoms with Crippen LogP contribution in [-0.2, 0) is 9.59 Å². The Morgan fingerprint density at radius 3 is 2.77 bits per heavy atom. The Kier molecular flexibility index (Phi) is 4.88. The summed E-state index contributed by atoms with van der Waals surface area (Å²) in [6.07, 6.45) is 5.21. The number of nitrogens with zero attached hydrogens (tertiary/aromatic N) is 3. The fraction of sp³-hybridized carbons (Fsp3) is 0.619. The molecule has 0 radical (unpaired) electrons. The van der Waals surface area contributed by atoms with Gasteiger partial charge in [0.05, 0.1) is 6.54 Å². The Hall–Kier alpha value is -2.04. The first-order valence-corrected chi connectivity index (χ1v) is 9.97. The van der Waals surface area contributed by atoms with Crippen molar-refractivity contribution in [2.75, 3.05) is 44.7 Å². The van der Waals surface area contributed by atoms with E-state index in [1.807, 2.05) is 16.8 Å². The van der Waals surface area contributed by atoms with Crippen LogP contribution in [0.15, 0.2) is 24.3 Å². The molecule has 2 heterocycles. The van der Waals surface area contributed by atoms with E-state index in [0.717, 1.165) is 44.9 Å². The van der Waals surface area contributed by atoms with Crippen molar-refractivity contribution in [3.63, 3.8) is 0 Å². The van der Waals surface area contributed by atoms with Gasteiger partial charge >= 0.3 is 0 Å². The van der Waals surface area contributed by atoms with E-state index < -0.39 is 0 Å². The molecule has 2 fully saturated rings. The largest absolute Gasteiger partial charge is 0.361 e. The summed E-state index contributed by atoms with van der Waals surface area (Å²) >= 11 is 0. The predicted molar refractivity (Wildman–Crippen MR) is 102 cm³/mol. The maximum atomic E-state index is 12.6. The summed E-state index contributed by atoms with van der Waals surface area (Å²) in [5, 5.41) is 0. The average molecular weight is 355 g/mol. The van der Waals surface area contributed by atoms with Crippen LogP contribution in [0.2, 0.25) is 0 Å². The van der Waals surface area contributed by atoms with Gasteiger partial charge in [0.2, 0.25) is 11.8 Å². The lowest BCUT2D eigenvalue weighted by molar-refractivity contribution is -0.129. The second-order valence-corrected chi connectivity index (χ2v) is 8.13. The molecule has 1 aliphatic carbocycles. The van der Waals surface area contributed by atoms with Gasteiger partial charge in [-0.05, 0) is 43.2 Å². The van der Waals surface area contributed by atoms with Gasteiger partial charge in [-0.15, -0.1) is 0 Å². The lowest BCUT2D eigenvalue weighted by atomic mass is 9.98. The third-order valence-electron chi connectivity index (χ3n) is 6.06. The molecule has 1 saturated heterocycles. The second-order valence-electron chi connectivity index (χ2n) is 8.13. The van der Waals surface area contributed by atoms with Gasteiger partial charge in [-0.25, -0.2) is 0 Å². The van der Waals surface area contributed by atoms with Crippen molar-refractivity contribution >= 4 is 17.5 Å². The van der Waals surface area contributed by atoms with Crippen molar-refractivity contribution in [3.05, 3.63) is 29.8 Å². The Labute approximate surface area is 155 Å². The van der Waals surface area contributed by atoms with Crippen LogP contribution in [0.4, 0.5) is 5.69 Å². The fourth-order valence-electron chi connectivity index (χ4n) is 4.31. The highest BCUT2D eigenvalue weighted by Gasteiger charge is 2.32. The molecule has 5 nitrogen and oxygen atoms in total. The van der Waals surface area contributed by atoms with E-state index in [0.29, 0.717) is 24.8 Å². The molecule has 3 aliphatic rings. The Morgan fingerprint density at radius 2 is 2.04 bits per heavy atom. The van der Waals surface area contributed by atoms with E-state index in [1.165, 1.54) is 24.1 Å². The number of para-hydroxylation sites is 1. The van der Waals surface area contributed by atoms with Gasteiger partial charge in [0, 0.05) is 51.3 Å². The van der Waals surface area contributed by atoms with Crippen LogP contribution >= 0.6 is 0 Å². The maximum absolute atomic E-state index is 12.6. The molecular formula is C21H29N3O2. The Bertz CT molecular complexity index is 686. The van der Waals surface area contributed by atoms with Gasteiger partial charge in [-0.3, -0.25) is 9.59 Å². The number of fused-ring (bicyclic) bond motifs is 1. The Morgan fingerprint density at radius 1 is 1.23 bits per heavy atom. The van der Waals surface area contributed by atoms with Crippen molar-refractivity contribution in [2.45, 2.75) is 38.0 Å². The summed E-state index contributed by atoms with van der Waals surface area (Å²) in [5.41, 5.74) is 2.52. The number of benzene rings is 1. The van der Waals surface area contributed by atoms with E-state index in [9.17, 15) is 9.59 Å². The average Bonchev–Trinajstić information content (AvgIpc) is 3.26. The number of hydrogen-bond acceptors (Lipinski definition) is 3. The minimum absolute atomic E-state index is 0.210. The number of hydrogen-bond donors (Lipinski definition) is 0. The molecule has 1 atom stereocenters. The third kappa shape index (κ3) is 3.71. The SMILES string of the molecule is CN(CC1CC1)C(=O)CN1CC(CCN2CCCC2=O)c2ccccc21. The lowest BCUT2D eigenvalue weighted by Crippen LogP contribution is -2.39. The van der Waals surface area contributed by atoms with E-state index in [2.05, 4.69) is 29.2 Å². The zero-order valence-electron chi connectivity index (χ0n) is 15.7. The van der Waals surface area contributed by atoms with Gasteiger partial charge in [0.25, 0.3) is 0 Å². The summed E-state index contributed by atoms with van der Waals surface area (Å²) in [6.45, 7) is 3.97. The quantitative estimate of drug-likeness (QED) is 0.755. The molecule has 0 N–H and O–H groups in total. The molecule has 26 heavy (non-hydrogen) atoms. The number of likely N-dealkylation sites (N-methyl/N-ethyl adjacent to an activating group) is 1. The van der Waals surface area contributed by atoms with Gasteiger partial charge in [0.1, 0.15) is 0 Å². The summed E-state index contributed by atoms with van der Waals surface area (Å²) in [7, 11) is 1.93. The minimum atomic E-state index is 0.210. The number of rotatable bonds is 7. The molecule has 2 amide bonds. The number of carbonyl (C=O) groups is 2. The molecule has 1 saturated carbocycles. The van der Waals surface area contributed by atoms with Crippen LogP contribution < -0.4 is 4.90 Å². The summed E-state index contributed by atoms with van der Waals surface area (Å²) in [4.78, 5) is 30.6. The topological polar surface area (TPSA) is 43.9 Å². The van der Waals surface area contributed by atoms with E-state index >= 15 is 0 Å². The van der Waals surface area contributed by atoms with E-state index in [1.54, 1.807) is 0 Å². The molecule has 0 spiro atoms. The standard InChI is InChI=1S/C21H29N3O2/c1-22(13-16-8-9-16)21(26)15-24-14-17(18-5-2-3-6-19(18)24)10-12-23-11-4-7-20(23)25/h2-3,5-6,16-17H,4,7-15H2,1H3. The van der Waals surface area contributed by atoms with Gasteiger partial charge in [-0.1, -0.05) is 18.2 Å². The fourth-order valence-corrected chi connectivity index (χ4v) is 4.31. The van der Waals surface area contributed by atoms with E-state index in [4.69, 9.17) is 0 Å². The molecular weight excluding hydrogens is 326 g/mol. The monoisotopic (exact) mass is 355 g/mol. The van der Waals surface area contributed by atoms with Gasteiger partial charge < -0.3 is 14.7 Å². The highest BCUT2D eigenvalue weighted by molar-refractivity contribution is 5.82.